The normalized spacial score (nSPS) is 8.00. The number of benzene rings is 2. The van der Waals surface area contributed by atoms with Gasteiger partial charge in [-0.1, -0.05) is 88.4 Å². The van der Waals surface area contributed by atoms with Crippen LogP contribution in [-0.2, 0) is 4.79 Å². The van der Waals surface area contributed by atoms with Crippen LogP contribution in [0.15, 0.2) is 71.9 Å². The molecule has 2 aromatic carbocycles. The molecule has 2 rings (SSSR count). The van der Waals surface area contributed by atoms with Gasteiger partial charge in [-0.25, -0.2) is 4.79 Å². The molecule has 0 heterocycles. The van der Waals surface area contributed by atoms with Gasteiger partial charge in [0.25, 0.3) is 0 Å². The van der Waals surface area contributed by atoms with Gasteiger partial charge >= 0.3 is 0 Å². The van der Waals surface area contributed by atoms with Crippen molar-refractivity contribution in [2.24, 2.45) is 4.99 Å². The molecule has 0 saturated heterocycles. The van der Waals surface area contributed by atoms with Crippen LogP contribution < -0.4 is 0 Å². The molecular weight excluding hydrogens is 258 g/mol. The molecule has 2 nitrogen and oxygen atoms in total. The molecule has 0 N–H and O–H groups in total. The van der Waals surface area contributed by atoms with Crippen LogP contribution in [-0.4, -0.2) is 6.08 Å². The lowest BCUT2D eigenvalue weighted by Gasteiger charge is -2.06. The molecule has 0 spiro atoms. The predicted octanol–water partition coefficient (Wildman–Crippen LogP) is 5.46. The number of hydrogen-bond acceptors (Lipinski definition) is 2. The molecule has 2 heteroatoms. The smallest absolute Gasteiger partial charge is 0.211 e. The van der Waals surface area contributed by atoms with E-state index in [4.69, 9.17) is 0 Å². The lowest BCUT2D eigenvalue weighted by Crippen LogP contribution is -1.86. The van der Waals surface area contributed by atoms with Crippen LogP contribution in [0.1, 0.15) is 38.8 Å². The maximum Gasteiger partial charge on any atom is 0.239 e. The van der Waals surface area contributed by atoms with E-state index in [1.54, 1.807) is 0 Å². The summed E-state index contributed by atoms with van der Waals surface area (Å²) in [5.74, 6) is 0. The Bertz CT molecular complexity index is 511. The van der Waals surface area contributed by atoms with Crippen molar-refractivity contribution < 1.29 is 4.79 Å². The first-order valence-electron chi connectivity index (χ1n) is 7.30. The van der Waals surface area contributed by atoms with Crippen LogP contribution in [0.25, 0.3) is 5.57 Å². The molecule has 2 aromatic rings. The van der Waals surface area contributed by atoms with E-state index in [0.717, 1.165) is 16.7 Å². The van der Waals surface area contributed by atoms with E-state index >= 15 is 0 Å². The molecule has 0 unspecified atom stereocenters. The predicted molar refractivity (Wildman–Crippen MR) is 90.8 cm³/mol. The van der Waals surface area contributed by atoms with Crippen LogP contribution in [0, 0.1) is 0 Å². The standard InChI is InChI=1S/C15H11NO.2C2H6/c17-12-16-11-15(13-7-3-1-4-8-13)14-9-5-2-6-10-14;2*1-2/h1-11H;2*1-2H3. The molecule has 0 aliphatic carbocycles. The van der Waals surface area contributed by atoms with E-state index in [-0.39, 0.29) is 0 Å². The van der Waals surface area contributed by atoms with Crippen molar-refractivity contribution in [1.29, 1.82) is 0 Å². The Hall–Kier alpha value is -2.44. The van der Waals surface area contributed by atoms with E-state index < -0.39 is 0 Å². The molecule has 0 aliphatic rings. The van der Waals surface area contributed by atoms with Gasteiger partial charge in [0.15, 0.2) is 0 Å². The molecule has 0 fully saturated rings. The monoisotopic (exact) mass is 281 g/mol. The Morgan fingerprint density at radius 1 is 0.810 bits per heavy atom. The van der Waals surface area contributed by atoms with Crippen LogP contribution in [0.3, 0.4) is 0 Å². The summed E-state index contributed by atoms with van der Waals surface area (Å²) in [5.41, 5.74) is 2.96. The lowest BCUT2D eigenvalue weighted by atomic mass is 9.99. The summed E-state index contributed by atoms with van der Waals surface area (Å²) in [6.45, 7) is 8.00. The second-order valence-electron chi connectivity index (χ2n) is 3.50. The topological polar surface area (TPSA) is 29.4 Å². The number of aliphatic imine (C=N–C) groups is 1. The van der Waals surface area contributed by atoms with Crippen LogP contribution in [0.4, 0.5) is 0 Å². The summed E-state index contributed by atoms with van der Waals surface area (Å²) in [6.07, 6.45) is 3.08. The summed E-state index contributed by atoms with van der Waals surface area (Å²) < 4.78 is 0. The first-order valence-corrected chi connectivity index (χ1v) is 7.30. The summed E-state index contributed by atoms with van der Waals surface area (Å²) in [4.78, 5) is 13.8. The first-order chi connectivity index (χ1) is 10.4. The minimum atomic E-state index is 0.912. The van der Waals surface area contributed by atoms with Gasteiger partial charge in [0.2, 0.25) is 6.08 Å². The molecule has 110 valence electrons. The van der Waals surface area contributed by atoms with E-state index in [2.05, 4.69) is 4.99 Å². The molecule has 0 aromatic heterocycles. The van der Waals surface area contributed by atoms with Gasteiger partial charge in [-0.2, -0.15) is 4.99 Å². The van der Waals surface area contributed by atoms with Crippen molar-refractivity contribution >= 4 is 11.7 Å². The molecule has 0 bridgehead atoms. The number of hydrogen-bond donors (Lipinski definition) is 0. The average Bonchev–Trinajstić information content (AvgIpc) is 2.61. The fraction of sp³-hybridized carbons (Fsp3) is 0.211. The number of isocyanates is 1. The zero-order valence-corrected chi connectivity index (χ0v) is 13.2. The molecule has 0 amide bonds. The third kappa shape index (κ3) is 6.51. The van der Waals surface area contributed by atoms with Crippen molar-refractivity contribution in [3.05, 3.63) is 78.0 Å². The molecule has 0 aliphatic heterocycles. The Kier molecular flexibility index (Phi) is 11.1. The Labute approximate surface area is 127 Å². The SMILES string of the molecule is CC.CC.O=C=NC=C(c1ccccc1)c1ccccc1. The zero-order chi connectivity index (χ0) is 15.9. The highest BCUT2D eigenvalue weighted by Gasteiger charge is 2.03. The van der Waals surface area contributed by atoms with Crippen molar-refractivity contribution in [2.75, 3.05) is 0 Å². The van der Waals surface area contributed by atoms with Crippen LogP contribution in [0.5, 0.6) is 0 Å². The molecule has 0 atom stereocenters. The van der Waals surface area contributed by atoms with Crippen LogP contribution in [0.2, 0.25) is 0 Å². The lowest BCUT2D eigenvalue weighted by molar-refractivity contribution is 0.565. The van der Waals surface area contributed by atoms with E-state index in [1.807, 2.05) is 88.4 Å². The highest BCUT2D eigenvalue weighted by atomic mass is 16.1. The number of nitrogens with zero attached hydrogens (tertiary/aromatic N) is 1. The van der Waals surface area contributed by atoms with Crippen molar-refractivity contribution in [3.8, 4) is 0 Å². The largest absolute Gasteiger partial charge is 0.239 e. The highest BCUT2D eigenvalue weighted by Crippen LogP contribution is 2.22. The van der Waals surface area contributed by atoms with Crippen molar-refractivity contribution in [3.63, 3.8) is 0 Å². The summed E-state index contributed by atoms with van der Waals surface area (Å²) in [5, 5.41) is 0. The van der Waals surface area contributed by atoms with Crippen molar-refractivity contribution in [2.45, 2.75) is 27.7 Å². The Balaban J connectivity index is 0.000000921. The van der Waals surface area contributed by atoms with Gasteiger partial charge in [0, 0.05) is 11.8 Å². The van der Waals surface area contributed by atoms with Crippen molar-refractivity contribution in [1.82, 2.24) is 0 Å². The first kappa shape index (κ1) is 18.6. The summed E-state index contributed by atoms with van der Waals surface area (Å²) in [6, 6.07) is 19.7. The third-order valence-electron chi connectivity index (χ3n) is 2.42. The van der Waals surface area contributed by atoms with Crippen LogP contribution >= 0.6 is 0 Å². The van der Waals surface area contributed by atoms with Gasteiger partial charge in [-0.15, -0.1) is 0 Å². The second kappa shape index (κ2) is 12.6. The molecule has 21 heavy (non-hydrogen) atoms. The minimum Gasteiger partial charge on any atom is -0.211 e. The Morgan fingerprint density at radius 3 is 1.52 bits per heavy atom. The summed E-state index contributed by atoms with van der Waals surface area (Å²) in [7, 11) is 0. The molecule has 0 saturated carbocycles. The fourth-order valence-corrected chi connectivity index (χ4v) is 1.64. The van der Waals surface area contributed by atoms with E-state index in [1.165, 1.54) is 12.3 Å². The quantitative estimate of drug-likeness (QED) is 0.542. The summed E-state index contributed by atoms with van der Waals surface area (Å²) >= 11 is 0. The fourth-order valence-electron chi connectivity index (χ4n) is 1.64. The maximum absolute atomic E-state index is 10.2. The van der Waals surface area contributed by atoms with E-state index in [9.17, 15) is 4.79 Å². The maximum atomic E-state index is 10.2. The molecule has 0 radical (unpaired) electrons. The minimum absolute atomic E-state index is 0.912. The average molecular weight is 281 g/mol. The molecular formula is C19H23NO. The number of rotatable bonds is 3. The zero-order valence-electron chi connectivity index (χ0n) is 13.2. The van der Waals surface area contributed by atoms with E-state index in [0.29, 0.717) is 0 Å². The van der Waals surface area contributed by atoms with Gasteiger partial charge in [0.1, 0.15) is 0 Å². The van der Waals surface area contributed by atoms with Gasteiger partial charge in [-0.05, 0) is 11.1 Å². The Morgan fingerprint density at radius 2 is 1.19 bits per heavy atom. The number of carbonyl (C=O) groups excluding carboxylic acids is 1. The van der Waals surface area contributed by atoms with Gasteiger partial charge < -0.3 is 0 Å². The van der Waals surface area contributed by atoms with Gasteiger partial charge in [-0.3, -0.25) is 0 Å². The van der Waals surface area contributed by atoms with Gasteiger partial charge in [0.05, 0.1) is 0 Å². The second-order valence-corrected chi connectivity index (χ2v) is 3.50. The highest BCUT2D eigenvalue weighted by molar-refractivity contribution is 5.79. The third-order valence-corrected chi connectivity index (χ3v) is 2.42.